The molecule has 0 aromatic carbocycles. The fraction of sp³-hybridized carbons (Fsp3) is 0.889. The van der Waals surface area contributed by atoms with Crippen molar-refractivity contribution in [2.24, 2.45) is 11.7 Å². The number of alkyl halides is 2. The van der Waals surface area contributed by atoms with Crippen LogP contribution >= 0.6 is 0 Å². The number of carbonyl (C=O) groups excluding carboxylic acids is 1. The Balaban J connectivity index is 1.89. The molecule has 2 N–H and O–H groups in total. The number of rotatable bonds is 2. The van der Waals surface area contributed by atoms with E-state index in [1.54, 1.807) is 0 Å². The molecule has 0 bridgehead atoms. The van der Waals surface area contributed by atoms with Crippen LogP contribution in [0, 0.1) is 5.92 Å². The molecule has 1 saturated carbocycles. The van der Waals surface area contributed by atoms with Crippen molar-refractivity contribution >= 4 is 5.91 Å². The van der Waals surface area contributed by atoms with E-state index in [1.165, 1.54) is 4.90 Å². The highest BCUT2D eigenvalue weighted by atomic mass is 19.3. The summed E-state index contributed by atoms with van der Waals surface area (Å²) in [4.78, 5) is 12.6. The first kappa shape index (κ1) is 9.83. The molecular weight excluding hydrogens is 190 g/mol. The van der Waals surface area contributed by atoms with Gasteiger partial charge in [0.1, 0.15) is 6.04 Å². The van der Waals surface area contributed by atoms with E-state index in [9.17, 15) is 13.6 Å². The third kappa shape index (κ3) is 1.49. The number of likely N-dealkylation sites (tertiary alicyclic amines) is 1. The lowest BCUT2D eigenvalue weighted by Gasteiger charge is -2.38. The topological polar surface area (TPSA) is 46.3 Å². The summed E-state index contributed by atoms with van der Waals surface area (Å²) in [5.41, 5.74) is 5.38. The highest BCUT2D eigenvalue weighted by Gasteiger charge is 2.46. The molecule has 1 heterocycles. The Bertz CT molecular complexity index is 257. The molecule has 5 heteroatoms. The smallest absolute Gasteiger partial charge is 0.252 e. The number of hydrogen-bond donors (Lipinski definition) is 1. The van der Waals surface area contributed by atoms with E-state index in [0.29, 0.717) is 19.4 Å². The van der Waals surface area contributed by atoms with Gasteiger partial charge < -0.3 is 10.6 Å². The predicted octanol–water partition coefficient (Wildman–Crippen LogP) is 0.591. The summed E-state index contributed by atoms with van der Waals surface area (Å²) in [6, 6.07) is -0.454. The van der Waals surface area contributed by atoms with Gasteiger partial charge in [-0.25, -0.2) is 8.78 Å². The minimum atomic E-state index is -2.58. The molecule has 1 aliphatic carbocycles. The van der Waals surface area contributed by atoms with Crippen LogP contribution < -0.4 is 5.73 Å². The van der Waals surface area contributed by atoms with E-state index < -0.39 is 17.9 Å². The van der Waals surface area contributed by atoms with Crippen LogP contribution in [0.25, 0.3) is 0 Å². The predicted molar refractivity (Wildman–Crippen MR) is 46.8 cm³/mol. The van der Waals surface area contributed by atoms with E-state index in [4.69, 9.17) is 5.73 Å². The zero-order valence-electron chi connectivity index (χ0n) is 7.88. The summed E-state index contributed by atoms with van der Waals surface area (Å²) < 4.78 is 26.4. The normalized spacial score (nSPS) is 35.9. The number of nitrogens with zero attached hydrogens (tertiary/aromatic N) is 1. The van der Waals surface area contributed by atoms with E-state index in [2.05, 4.69) is 0 Å². The van der Waals surface area contributed by atoms with Crippen molar-refractivity contribution in [1.82, 2.24) is 4.90 Å². The molecule has 14 heavy (non-hydrogen) atoms. The molecule has 2 atom stereocenters. The SMILES string of the molecule is NC1CN(CC2CCCC2(F)F)C1=O. The Hall–Kier alpha value is -0.710. The van der Waals surface area contributed by atoms with Crippen molar-refractivity contribution < 1.29 is 13.6 Å². The highest BCUT2D eigenvalue weighted by Crippen LogP contribution is 2.41. The van der Waals surface area contributed by atoms with Gasteiger partial charge in [-0.1, -0.05) is 0 Å². The quantitative estimate of drug-likeness (QED) is 0.669. The standard InChI is InChI=1S/C9H14F2N2O/c10-9(11)3-1-2-6(9)4-13-5-7(12)8(13)14/h6-7H,1-5,12H2. The molecule has 0 aromatic heterocycles. The van der Waals surface area contributed by atoms with Crippen molar-refractivity contribution in [3.63, 3.8) is 0 Å². The number of halogens is 2. The molecule has 0 aromatic rings. The fourth-order valence-electron chi connectivity index (χ4n) is 2.18. The molecule has 2 fully saturated rings. The second-order valence-electron chi connectivity index (χ2n) is 4.20. The minimum absolute atomic E-state index is 0.0360. The zero-order chi connectivity index (χ0) is 10.3. The van der Waals surface area contributed by atoms with Crippen LogP contribution in [-0.4, -0.2) is 35.9 Å². The Morgan fingerprint density at radius 2 is 2.29 bits per heavy atom. The summed E-state index contributed by atoms with van der Waals surface area (Å²) in [6.45, 7) is 0.616. The summed E-state index contributed by atoms with van der Waals surface area (Å²) in [6.07, 6.45) is 1.05. The first-order valence-electron chi connectivity index (χ1n) is 4.93. The van der Waals surface area contributed by atoms with Crippen LogP contribution in [0.4, 0.5) is 8.78 Å². The number of carbonyl (C=O) groups is 1. The average molecular weight is 204 g/mol. The third-order valence-electron chi connectivity index (χ3n) is 3.15. The third-order valence-corrected chi connectivity index (χ3v) is 3.15. The lowest BCUT2D eigenvalue weighted by molar-refractivity contribution is -0.145. The van der Waals surface area contributed by atoms with Crippen LogP contribution in [0.5, 0.6) is 0 Å². The highest BCUT2D eigenvalue weighted by molar-refractivity contribution is 5.87. The number of hydrogen-bond acceptors (Lipinski definition) is 2. The fourth-order valence-corrected chi connectivity index (χ4v) is 2.18. The Labute approximate surface area is 81.2 Å². The monoisotopic (exact) mass is 204 g/mol. The van der Waals surface area contributed by atoms with Gasteiger partial charge in [0, 0.05) is 25.4 Å². The van der Waals surface area contributed by atoms with E-state index >= 15 is 0 Å². The van der Waals surface area contributed by atoms with Crippen LogP contribution in [-0.2, 0) is 4.79 Å². The molecule has 0 spiro atoms. The van der Waals surface area contributed by atoms with Crippen molar-refractivity contribution in [2.45, 2.75) is 31.2 Å². The van der Waals surface area contributed by atoms with E-state index in [-0.39, 0.29) is 18.9 Å². The molecule has 1 aliphatic heterocycles. The maximum atomic E-state index is 13.2. The number of nitrogens with two attached hydrogens (primary N) is 1. The molecule has 0 radical (unpaired) electrons. The van der Waals surface area contributed by atoms with Crippen LogP contribution in [0.3, 0.4) is 0 Å². The lowest BCUT2D eigenvalue weighted by atomic mass is 10.0. The Morgan fingerprint density at radius 1 is 1.57 bits per heavy atom. The summed E-state index contributed by atoms with van der Waals surface area (Å²) >= 11 is 0. The first-order chi connectivity index (χ1) is 6.50. The second kappa shape index (κ2) is 3.15. The zero-order valence-corrected chi connectivity index (χ0v) is 7.88. The van der Waals surface area contributed by atoms with Gasteiger partial charge in [0.05, 0.1) is 0 Å². The molecule has 2 aliphatic rings. The average Bonchev–Trinajstić information content (AvgIpc) is 2.45. The molecule has 1 amide bonds. The number of β-lactam (4-membered cyclic amide) rings is 1. The van der Waals surface area contributed by atoms with Gasteiger partial charge in [-0.15, -0.1) is 0 Å². The van der Waals surface area contributed by atoms with Crippen LogP contribution in [0.1, 0.15) is 19.3 Å². The second-order valence-corrected chi connectivity index (χ2v) is 4.20. The molecule has 3 nitrogen and oxygen atoms in total. The van der Waals surface area contributed by atoms with Gasteiger partial charge in [0.2, 0.25) is 5.91 Å². The van der Waals surface area contributed by atoms with E-state index in [0.717, 1.165) is 0 Å². The molecular formula is C9H14F2N2O. The van der Waals surface area contributed by atoms with Gasteiger partial charge in [0.25, 0.3) is 5.92 Å². The van der Waals surface area contributed by atoms with Crippen LogP contribution in [0.2, 0.25) is 0 Å². The van der Waals surface area contributed by atoms with Crippen LogP contribution in [0.15, 0.2) is 0 Å². The molecule has 2 unspecified atom stereocenters. The summed E-state index contributed by atoms with van der Waals surface area (Å²) in [5.74, 6) is -3.42. The van der Waals surface area contributed by atoms with Gasteiger partial charge in [0.15, 0.2) is 0 Å². The van der Waals surface area contributed by atoms with Crippen molar-refractivity contribution in [3.05, 3.63) is 0 Å². The molecule has 80 valence electrons. The maximum Gasteiger partial charge on any atom is 0.252 e. The summed E-state index contributed by atoms with van der Waals surface area (Å²) in [7, 11) is 0. The van der Waals surface area contributed by atoms with Gasteiger partial charge in [-0.3, -0.25) is 4.79 Å². The van der Waals surface area contributed by atoms with Crippen molar-refractivity contribution in [1.29, 1.82) is 0 Å². The first-order valence-corrected chi connectivity index (χ1v) is 4.93. The van der Waals surface area contributed by atoms with Gasteiger partial charge >= 0.3 is 0 Å². The molecule has 2 rings (SSSR count). The van der Waals surface area contributed by atoms with Gasteiger partial charge in [-0.2, -0.15) is 0 Å². The maximum absolute atomic E-state index is 13.2. The van der Waals surface area contributed by atoms with Crippen molar-refractivity contribution in [3.8, 4) is 0 Å². The Morgan fingerprint density at radius 3 is 2.71 bits per heavy atom. The van der Waals surface area contributed by atoms with E-state index in [1.807, 2.05) is 0 Å². The number of amides is 1. The molecule has 1 saturated heterocycles. The minimum Gasteiger partial charge on any atom is -0.339 e. The Kier molecular flexibility index (Phi) is 2.21. The lowest BCUT2D eigenvalue weighted by Crippen LogP contribution is -2.62. The summed E-state index contributed by atoms with van der Waals surface area (Å²) in [5, 5.41) is 0. The van der Waals surface area contributed by atoms with Crippen molar-refractivity contribution in [2.75, 3.05) is 13.1 Å². The largest absolute Gasteiger partial charge is 0.339 e. The van der Waals surface area contributed by atoms with Gasteiger partial charge in [-0.05, 0) is 12.8 Å².